The van der Waals surface area contributed by atoms with E-state index in [-0.39, 0.29) is 12.2 Å². The van der Waals surface area contributed by atoms with E-state index in [1.165, 1.54) is 12.1 Å². The van der Waals surface area contributed by atoms with Crippen LogP contribution in [0.3, 0.4) is 0 Å². The Morgan fingerprint density at radius 3 is 2.79 bits per heavy atom. The van der Waals surface area contributed by atoms with Gasteiger partial charge in [-0.15, -0.1) is 0 Å². The molecule has 2 N–H and O–H groups in total. The van der Waals surface area contributed by atoms with Gasteiger partial charge in [0.1, 0.15) is 5.82 Å². The molecule has 7 heteroatoms. The van der Waals surface area contributed by atoms with E-state index in [0.717, 1.165) is 5.56 Å². The van der Waals surface area contributed by atoms with Gasteiger partial charge in [0, 0.05) is 18.3 Å². The maximum absolute atomic E-state index is 13.6. The molecule has 0 atom stereocenters. The fourth-order valence-electron chi connectivity index (χ4n) is 2.00. The number of rotatable bonds is 5. The molecule has 2 amide bonds. The van der Waals surface area contributed by atoms with Crippen molar-refractivity contribution in [3.8, 4) is 5.88 Å². The lowest BCUT2D eigenvalue weighted by atomic mass is 10.2. The summed E-state index contributed by atoms with van der Waals surface area (Å²) in [5, 5.41) is 4.71. The number of ether oxygens (including phenoxy) is 1. The number of nitrogens with one attached hydrogen (secondary N) is 2. The second-order valence-electron chi connectivity index (χ2n) is 5.02. The number of nitrogens with zero attached hydrogens (tertiary/aromatic N) is 1. The van der Waals surface area contributed by atoms with Crippen LogP contribution in [0.25, 0.3) is 0 Å². The Kier molecular flexibility index (Phi) is 5.83. The van der Waals surface area contributed by atoms with E-state index in [9.17, 15) is 14.0 Å². The third-order valence-electron chi connectivity index (χ3n) is 3.15. The van der Waals surface area contributed by atoms with Crippen LogP contribution >= 0.6 is 0 Å². The van der Waals surface area contributed by atoms with E-state index < -0.39 is 17.6 Å². The highest BCUT2D eigenvalue weighted by atomic mass is 19.1. The average Bonchev–Trinajstić information content (AvgIpc) is 2.57. The minimum atomic E-state index is -0.943. The van der Waals surface area contributed by atoms with Crippen LogP contribution in [-0.4, -0.2) is 23.4 Å². The molecule has 0 spiro atoms. The summed E-state index contributed by atoms with van der Waals surface area (Å²) >= 11 is 0. The normalized spacial score (nSPS) is 10.1. The Labute approximate surface area is 139 Å². The molecule has 0 radical (unpaired) electrons. The number of hydrogen-bond acceptors (Lipinski definition) is 4. The van der Waals surface area contributed by atoms with Gasteiger partial charge in [0.25, 0.3) is 0 Å². The Hall–Kier alpha value is -2.96. The van der Waals surface area contributed by atoms with Gasteiger partial charge in [-0.25, -0.2) is 9.37 Å². The van der Waals surface area contributed by atoms with E-state index in [0.29, 0.717) is 18.1 Å². The third-order valence-corrected chi connectivity index (χ3v) is 3.15. The summed E-state index contributed by atoms with van der Waals surface area (Å²) in [4.78, 5) is 27.8. The third kappa shape index (κ3) is 4.52. The van der Waals surface area contributed by atoms with Crippen molar-refractivity contribution in [3.05, 3.63) is 53.5 Å². The van der Waals surface area contributed by atoms with Crippen LogP contribution in [0.4, 0.5) is 10.1 Å². The molecule has 24 heavy (non-hydrogen) atoms. The van der Waals surface area contributed by atoms with Crippen molar-refractivity contribution in [1.29, 1.82) is 0 Å². The summed E-state index contributed by atoms with van der Waals surface area (Å²) in [5.74, 6) is -2.03. The standard InChI is InChI=1S/C17H18FN3O3/c1-3-24-17-12(5-4-8-19-17)10-20-15(22)16(23)21-14-9-11(2)6-7-13(14)18/h4-9H,3,10H2,1-2H3,(H,20,22)(H,21,23). The highest BCUT2D eigenvalue weighted by Gasteiger charge is 2.16. The lowest BCUT2D eigenvalue weighted by Crippen LogP contribution is -2.35. The summed E-state index contributed by atoms with van der Waals surface area (Å²) in [5.41, 5.74) is 1.37. The molecule has 0 aliphatic heterocycles. The molecule has 2 rings (SSSR count). The summed E-state index contributed by atoms with van der Waals surface area (Å²) in [6.45, 7) is 4.09. The number of aromatic nitrogens is 1. The summed E-state index contributed by atoms with van der Waals surface area (Å²) in [7, 11) is 0. The molecular formula is C17H18FN3O3. The predicted molar refractivity (Wildman–Crippen MR) is 87.0 cm³/mol. The first-order valence-corrected chi connectivity index (χ1v) is 7.43. The number of hydrogen-bond donors (Lipinski definition) is 2. The largest absolute Gasteiger partial charge is 0.478 e. The summed E-state index contributed by atoms with van der Waals surface area (Å²) in [6, 6.07) is 7.69. The van der Waals surface area contributed by atoms with E-state index in [4.69, 9.17) is 4.74 Å². The summed E-state index contributed by atoms with van der Waals surface area (Å²) < 4.78 is 19.0. The highest BCUT2D eigenvalue weighted by molar-refractivity contribution is 6.39. The van der Waals surface area contributed by atoms with Crippen LogP contribution in [0, 0.1) is 12.7 Å². The first-order chi connectivity index (χ1) is 11.5. The van der Waals surface area contributed by atoms with Gasteiger partial charge in [-0.3, -0.25) is 9.59 Å². The zero-order chi connectivity index (χ0) is 17.5. The van der Waals surface area contributed by atoms with Crippen LogP contribution in [0.2, 0.25) is 0 Å². The molecule has 0 unspecified atom stereocenters. The molecule has 1 aromatic carbocycles. The van der Waals surface area contributed by atoms with E-state index in [2.05, 4.69) is 15.6 Å². The number of halogens is 1. The molecule has 6 nitrogen and oxygen atoms in total. The SMILES string of the molecule is CCOc1ncccc1CNC(=O)C(=O)Nc1cc(C)ccc1F. The fraction of sp³-hybridized carbons (Fsp3) is 0.235. The maximum atomic E-state index is 13.6. The number of pyridine rings is 1. The number of anilines is 1. The van der Waals surface area contributed by atoms with Gasteiger partial charge in [-0.2, -0.15) is 0 Å². The van der Waals surface area contributed by atoms with Crippen LogP contribution in [0.5, 0.6) is 5.88 Å². The number of carbonyl (C=O) groups excluding carboxylic acids is 2. The number of aryl methyl sites for hydroxylation is 1. The van der Waals surface area contributed by atoms with Crippen molar-refractivity contribution in [2.24, 2.45) is 0 Å². The topological polar surface area (TPSA) is 80.3 Å². The van der Waals surface area contributed by atoms with Crippen LogP contribution in [0.1, 0.15) is 18.1 Å². The monoisotopic (exact) mass is 331 g/mol. The first-order valence-electron chi connectivity index (χ1n) is 7.43. The molecular weight excluding hydrogens is 313 g/mol. The Morgan fingerprint density at radius 2 is 2.04 bits per heavy atom. The van der Waals surface area contributed by atoms with Gasteiger partial charge in [-0.05, 0) is 37.6 Å². The minimum Gasteiger partial charge on any atom is -0.478 e. The molecule has 1 aromatic heterocycles. The smallest absolute Gasteiger partial charge is 0.313 e. The van der Waals surface area contributed by atoms with Crippen LogP contribution < -0.4 is 15.4 Å². The van der Waals surface area contributed by atoms with Gasteiger partial charge in [0.2, 0.25) is 5.88 Å². The molecule has 0 saturated carbocycles. The van der Waals surface area contributed by atoms with Crippen molar-refractivity contribution in [3.63, 3.8) is 0 Å². The molecule has 0 bridgehead atoms. The minimum absolute atomic E-state index is 0.0356. The first kappa shape index (κ1) is 17.4. The molecule has 126 valence electrons. The zero-order valence-corrected chi connectivity index (χ0v) is 13.4. The van der Waals surface area contributed by atoms with Gasteiger partial charge in [0.05, 0.1) is 12.3 Å². The average molecular weight is 331 g/mol. The Balaban J connectivity index is 1.97. The molecule has 2 aromatic rings. The Morgan fingerprint density at radius 1 is 1.25 bits per heavy atom. The van der Waals surface area contributed by atoms with Crippen molar-refractivity contribution in [2.45, 2.75) is 20.4 Å². The fourth-order valence-corrected chi connectivity index (χ4v) is 2.00. The van der Waals surface area contributed by atoms with Gasteiger partial charge in [0.15, 0.2) is 0 Å². The van der Waals surface area contributed by atoms with Gasteiger partial charge < -0.3 is 15.4 Å². The highest BCUT2D eigenvalue weighted by Crippen LogP contribution is 2.16. The van der Waals surface area contributed by atoms with E-state index >= 15 is 0 Å². The van der Waals surface area contributed by atoms with Crippen molar-refractivity contribution >= 4 is 17.5 Å². The van der Waals surface area contributed by atoms with Crippen LogP contribution in [-0.2, 0) is 16.1 Å². The van der Waals surface area contributed by atoms with Crippen molar-refractivity contribution < 1.29 is 18.7 Å². The zero-order valence-electron chi connectivity index (χ0n) is 13.4. The van der Waals surface area contributed by atoms with E-state index in [1.54, 1.807) is 31.3 Å². The molecule has 1 heterocycles. The summed E-state index contributed by atoms with van der Waals surface area (Å²) in [6.07, 6.45) is 1.57. The van der Waals surface area contributed by atoms with Crippen molar-refractivity contribution in [2.75, 3.05) is 11.9 Å². The quantitative estimate of drug-likeness (QED) is 0.823. The van der Waals surface area contributed by atoms with Crippen LogP contribution in [0.15, 0.2) is 36.5 Å². The van der Waals surface area contributed by atoms with Gasteiger partial charge >= 0.3 is 11.8 Å². The van der Waals surface area contributed by atoms with E-state index in [1.807, 2.05) is 6.92 Å². The van der Waals surface area contributed by atoms with Crippen molar-refractivity contribution in [1.82, 2.24) is 10.3 Å². The number of amides is 2. The molecule has 0 aliphatic carbocycles. The number of carbonyl (C=O) groups is 2. The molecule has 0 saturated heterocycles. The second-order valence-corrected chi connectivity index (χ2v) is 5.02. The van der Waals surface area contributed by atoms with Gasteiger partial charge in [-0.1, -0.05) is 12.1 Å². The second kappa shape index (κ2) is 8.05. The lowest BCUT2D eigenvalue weighted by molar-refractivity contribution is -0.136. The Bertz CT molecular complexity index is 750. The predicted octanol–water partition coefficient (Wildman–Crippen LogP) is 2.18. The maximum Gasteiger partial charge on any atom is 0.313 e. The number of benzene rings is 1. The molecule has 0 aliphatic rings. The molecule has 0 fully saturated rings. The lowest BCUT2D eigenvalue weighted by Gasteiger charge is -2.10.